The van der Waals surface area contributed by atoms with E-state index in [-0.39, 0.29) is 17.9 Å². The highest BCUT2D eigenvalue weighted by atomic mass is 79.9. The second-order valence-corrected chi connectivity index (χ2v) is 5.49. The maximum Gasteiger partial charge on any atom is 0.155 e. The van der Waals surface area contributed by atoms with Gasteiger partial charge in [-0.05, 0) is 26.0 Å². The number of ketones is 1. The molecule has 0 aliphatic carbocycles. The molecule has 0 fully saturated rings. The number of carbonyl (C=O) groups is 1. The third kappa shape index (κ3) is 2.87. The van der Waals surface area contributed by atoms with Crippen molar-refractivity contribution in [1.29, 1.82) is 0 Å². The summed E-state index contributed by atoms with van der Waals surface area (Å²) in [6, 6.07) is 2.80. The number of alkyl halides is 1. The molecule has 0 N–H and O–H groups in total. The van der Waals surface area contributed by atoms with Gasteiger partial charge >= 0.3 is 0 Å². The van der Waals surface area contributed by atoms with Crippen molar-refractivity contribution < 1.29 is 9.18 Å². The highest BCUT2D eigenvalue weighted by molar-refractivity contribution is 9.10. The summed E-state index contributed by atoms with van der Waals surface area (Å²) >= 11 is 3.23. The van der Waals surface area contributed by atoms with E-state index in [4.69, 9.17) is 0 Å². The molecule has 0 aliphatic heterocycles. The summed E-state index contributed by atoms with van der Waals surface area (Å²) in [5, 5.41) is 0. The van der Waals surface area contributed by atoms with Crippen LogP contribution in [0.3, 0.4) is 0 Å². The molecule has 0 saturated heterocycles. The summed E-state index contributed by atoms with van der Waals surface area (Å²) in [6.45, 7) is 3.46. The van der Waals surface area contributed by atoms with Crippen molar-refractivity contribution in [2.75, 3.05) is 0 Å². The first-order valence-electron chi connectivity index (χ1n) is 4.23. The number of pyridine rings is 1. The van der Waals surface area contributed by atoms with Gasteiger partial charge < -0.3 is 0 Å². The van der Waals surface area contributed by atoms with E-state index < -0.39 is 10.1 Å². The Morgan fingerprint density at radius 3 is 2.79 bits per heavy atom. The number of carbonyl (C=O) groups excluding carboxylic acids is 1. The lowest BCUT2D eigenvalue weighted by molar-refractivity contribution is -0.119. The molecular weight excluding hydrogens is 249 g/mol. The number of aromatic nitrogens is 1. The first-order chi connectivity index (χ1) is 6.41. The van der Waals surface area contributed by atoms with Crippen molar-refractivity contribution in [1.82, 2.24) is 4.98 Å². The molecule has 1 heterocycles. The normalized spacial score (nSPS) is 11.4. The molecule has 76 valence electrons. The summed E-state index contributed by atoms with van der Waals surface area (Å²) in [4.78, 5) is 15.3. The Balaban J connectivity index is 2.80. The molecule has 0 unspecified atom stereocenters. The van der Waals surface area contributed by atoms with Gasteiger partial charge in [-0.2, -0.15) is 0 Å². The number of halogens is 2. The smallest absolute Gasteiger partial charge is 0.155 e. The zero-order chi connectivity index (χ0) is 10.8. The highest BCUT2D eigenvalue weighted by Crippen LogP contribution is 2.19. The van der Waals surface area contributed by atoms with Crippen LogP contribution in [-0.2, 0) is 11.2 Å². The van der Waals surface area contributed by atoms with Crippen LogP contribution in [0.2, 0.25) is 0 Å². The average molecular weight is 260 g/mol. The van der Waals surface area contributed by atoms with E-state index in [9.17, 15) is 9.18 Å². The van der Waals surface area contributed by atoms with Crippen molar-refractivity contribution in [3.05, 3.63) is 29.8 Å². The Labute approximate surface area is 90.7 Å². The topological polar surface area (TPSA) is 30.0 Å². The fraction of sp³-hybridized carbons (Fsp3) is 0.400. The monoisotopic (exact) mass is 259 g/mol. The van der Waals surface area contributed by atoms with Crippen molar-refractivity contribution in [3.63, 3.8) is 0 Å². The van der Waals surface area contributed by atoms with E-state index in [1.165, 1.54) is 18.3 Å². The number of Topliss-reactive ketones (excluding diaryl/α,β-unsaturated/α-hetero) is 1. The van der Waals surface area contributed by atoms with E-state index >= 15 is 0 Å². The van der Waals surface area contributed by atoms with Gasteiger partial charge in [-0.15, -0.1) is 0 Å². The van der Waals surface area contributed by atoms with E-state index in [0.717, 1.165) is 0 Å². The predicted octanol–water partition coefficient (Wildman–Crippen LogP) is 2.51. The zero-order valence-electron chi connectivity index (χ0n) is 8.05. The lowest BCUT2D eigenvalue weighted by Gasteiger charge is -2.13. The van der Waals surface area contributed by atoms with Gasteiger partial charge in [-0.25, -0.2) is 4.39 Å². The number of hydrogen-bond donors (Lipinski definition) is 0. The molecule has 1 aromatic rings. The van der Waals surface area contributed by atoms with Crippen molar-refractivity contribution >= 4 is 21.7 Å². The summed E-state index contributed by atoms with van der Waals surface area (Å²) in [5.74, 6) is -0.521. The lowest BCUT2D eigenvalue weighted by atomic mass is 10.0. The van der Waals surface area contributed by atoms with Gasteiger partial charge in [0.05, 0.1) is 16.4 Å². The van der Waals surface area contributed by atoms with Crippen LogP contribution in [0.1, 0.15) is 19.5 Å². The van der Waals surface area contributed by atoms with Crippen molar-refractivity contribution in [3.8, 4) is 0 Å². The predicted molar refractivity (Wildman–Crippen MR) is 55.9 cm³/mol. The van der Waals surface area contributed by atoms with Gasteiger partial charge in [0.15, 0.2) is 5.78 Å². The van der Waals surface area contributed by atoms with Crippen LogP contribution in [0.4, 0.5) is 4.39 Å². The number of hydrogen-bond acceptors (Lipinski definition) is 2. The molecule has 1 aromatic heterocycles. The summed E-state index contributed by atoms with van der Waals surface area (Å²) in [7, 11) is 0. The number of rotatable bonds is 3. The minimum Gasteiger partial charge on any atom is -0.298 e. The van der Waals surface area contributed by atoms with E-state index in [2.05, 4.69) is 20.9 Å². The Morgan fingerprint density at radius 2 is 2.29 bits per heavy atom. The Bertz CT molecular complexity index is 346. The molecule has 2 nitrogen and oxygen atoms in total. The summed E-state index contributed by atoms with van der Waals surface area (Å²) in [6.07, 6.45) is 1.50. The van der Waals surface area contributed by atoms with Gasteiger partial charge in [-0.3, -0.25) is 9.78 Å². The third-order valence-electron chi connectivity index (χ3n) is 1.83. The second-order valence-electron chi connectivity index (χ2n) is 3.50. The fourth-order valence-corrected chi connectivity index (χ4v) is 1.05. The van der Waals surface area contributed by atoms with Gasteiger partial charge in [0, 0.05) is 6.20 Å². The molecule has 0 aromatic carbocycles. The molecule has 14 heavy (non-hydrogen) atoms. The lowest BCUT2D eigenvalue weighted by Crippen LogP contribution is -2.26. The Morgan fingerprint density at radius 1 is 1.64 bits per heavy atom. The zero-order valence-corrected chi connectivity index (χ0v) is 9.64. The fourth-order valence-electron chi connectivity index (χ4n) is 0.911. The van der Waals surface area contributed by atoms with Gasteiger partial charge in [-0.1, -0.05) is 15.9 Å². The quantitative estimate of drug-likeness (QED) is 0.781. The van der Waals surface area contributed by atoms with E-state index in [1.807, 2.05) is 0 Å². The standard InChI is InChI=1S/C10H11BrFNO/c1-10(2,11)9(14)6-8-7(12)4-3-5-13-8/h3-5H,6H2,1-2H3. The van der Waals surface area contributed by atoms with E-state index in [0.29, 0.717) is 0 Å². The van der Waals surface area contributed by atoms with Crippen LogP contribution < -0.4 is 0 Å². The van der Waals surface area contributed by atoms with Crippen LogP contribution in [0.25, 0.3) is 0 Å². The number of nitrogens with zero attached hydrogens (tertiary/aromatic N) is 1. The summed E-state index contributed by atoms with van der Waals surface area (Å²) < 4.78 is 12.5. The van der Waals surface area contributed by atoms with Crippen LogP contribution in [0.15, 0.2) is 18.3 Å². The van der Waals surface area contributed by atoms with E-state index in [1.54, 1.807) is 13.8 Å². The van der Waals surface area contributed by atoms with Crippen LogP contribution >= 0.6 is 15.9 Å². The molecule has 1 rings (SSSR count). The summed E-state index contributed by atoms with van der Waals surface area (Å²) in [5.41, 5.74) is 0.199. The minimum atomic E-state index is -0.628. The molecule has 0 spiro atoms. The molecular formula is C10H11BrFNO. The maximum atomic E-state index is 13.1. The molecule has 0 atom stereocenters. The maximum absolute atomic E-state index is 13.1. The molecule has 0 amide bonds. The molecule has 0 radical (unpaired) electrons. The SMILES string of the molecule is CC(C)(Br)C(=O)Cc1ncccc1F. The molecule has 0 bridgehead atoms. The van der Waals surface area contributed by atoms with Gasteiger partial charge in [0.25, 0.3) is 0 Å². The molecule has 0 aliphatic rings. The van der Waals surface area contributed by atoms with Gasteiger partial charge in [0.1, 0.15) is 5.82 Å². The second kappa shape index (κ2) is 4.17. The Kier molecular flexibility index (Phi) is 3.37. The van der Waals surface area contributed by atoms with Crippen molar-refractivity contribution in [2.45, 2.75) is 24.6 Å². The average Bonchev–Trinajstić information content (AvgIpc) is 2.07. The van der Waals surface area contributed by atoms with Crippen LogP contribution in [0.5, 0.6) is 0 Å². The first kappa shape index (κ1) is 11.3. The van der Waals surface area contributed by atoms with Crippen LogP contribution in [-0.4, -0.2) is 15.1 Å². The molecule has 0 saturated carbocycles. The van der Waals surface area contributed by atoms with Crippen LogP contribution in [0, 0.1) is 5.82 Å². The molecule has 4 heteroatoms. The van der Waals surface area contributed by atoms with Gasteiger partial charge in [0.2, 0.25) is 0 Å². The van der Waals surface area contributed by atoms with Crippen molar-refractivity contribution in [2.24, 2.45) is 0 Å². The third-order valence-corrected chi connectivity index (χ3v) is 2.27. The highest BCUT2D eigenvalue weighted by Gasteiger charge is 2.24. The Hall–Kier alpha value is -0.770. The largest absolute Gasteiger partial charge is 0.298 e. The minimum absolute atomic E-state index is 0.0188. The first-order valence-corrected chi connectivity index (χ1v) is 5.02.